The fourth-order valence-corrected chi connectivity index (χ4v) is 2.17. The van der Waals surface area contributed by atoms with E-state index in [1.807, 2.05) is 0 Å². The Morgan fingerprint density at radius 1 is 1.42 bits per heavy atom. The van der Waals surface area contributed by atoms with Gasteiger partial charge < -0.3 is 9.64 Å². The van der Waals surface area contributed by atoms with E-state index in [0.717, 1.165) is 6.41 Å². The number of halogens is 1. The van der Waals surface area contributed by atoms with Gasteiger partial charge in [-0.05, 0) is 30.7 Å². The van der Waals surface area contributed by atoms with Gasteiger partial charge >= 0.3 is 5.97 Å². The number of carbonyl (C=O) groups is 2. The van der Waals surface area contributed by atoms with Crippen molar-refractivity contribution in [3.63, 3.8) is 0 Å². The number of piperidine rings is 1. The van der Waals surface area contributed by atoms with Crippen molar-refractivity contribution in [2.24, 2.45) is 0 Å². The molecule has 0 saturated carbocycles. The number of carbonyl (C=O) groups excluding carboxylic acids is 2. The Kier molecular flexibility index (Phi) is 4.14. The minimum absolute atomic E-state index is 0.173. The van der Waals surface area contributed by atoms with E-state index >= 15 is 0 Å². The van der Waals surface area contributed by atoms with Gasteiger partial charge in [0, 0.05) is 25.9 Å². The second-order valence-corrected chi connectivity index (χ2v) is 4.71. The quantitative estimate of drug-likeness (QED) is 0.619. The van der Waals surface area contributed by atoms with Crippen LogP contribution in [0.25, 0.3) is 0 Å². The summed E-state index contributed by atoms with van der Waals surface area (Å²) in [7, 11) is 0. The van der Waals surface area contributed by atoms with Crippen LogP contribution in [0.4, 0.5) is 4.39 Å². The van der Waals surface area contributed by atoms with Crippen LogP contribution in [-0.4, -0.2) is 36.5 Å². The molecule has 19 heavy (non-hydrogen) atoms. The maximum absolute atomic E-state index is 13.0. The highest BCUT2D eigenvalue weighted by molar-refractivity contribution is 5.91. The molecule has 0 unspecified atom stereocenters. The smallest absolute Gasteiger partial charge is 0.338 e. The van der Waals surface area contributed by atoms with Gasteiger partial charge in [-0.2, -0.15) is 0 Å². The number of aryl methyl sites for hydroxylation is 1. The molecule has 0 aliphatic carbocycles. The van der Waals surface area contributed by atoms with Crippen LogP contribution in [-0.2, 0) is 9.53 Å². The number of hydrogen-bond acceptors (Lipinski definition) is 3. The Bertz CT molecular complexity index is 482. The summed E-state index contributed by atoms with van der Waals surface area (Å²) in [5, 5.41) is 0. The molecule has 0 bridgehead atoms. The lowest BCUT2D eigenvalue weighted by atomic mass is 10.1. The molecule has 1 fully saturated rings. The SMILES string of the molecule is Cc1cc(F)ccc1C(=O)OC1CCN(C=O)CC1. The van der Waals surface area contributed by atoms with Crippen molar-refractivity contribution in [2.45, 2.75) is 25.9 Å². The highest BCUT2D eigenvalue weighted by Crippen LogP contribution is 2.17. The van der Waals surface area contributed by atoms with Crippen molar-refractivity contribution in [1.29, 1.82) is 0 Å². The molecule has 1 heterocycles. The standard InChI is InChI=1S/C14H16FNO3/c1-10-8-11(15)2-3-13(10)14(18)19-12-4-6-16(9-17)7-5-12/h2-3,8-9,12H,4-7H2,1H3. The van der Waals surface area contributed by atoms with Crippen molar-refractivity contribution in [3.05, 3.63) is 35.1 Å². The van der Waals surface area contributed by atoms with Gasteiger partial charge in [0.15, 0.2) is 0 Å². The summed E-state index contributed by atoms with van der Waals surface area (Å²) in [5.41, 5.74) is 0.953. The van der Waals surface area contributed by atoms with Gasteiger partial charge in [0.2, 0.25) is 6.41 Å². The molecule has 1 aromatic rings. The molecule has 0 spiro atoms. The summed E-state index contributed by atoms with van der Waals surface area (Å²) in [6, 6.07) is 4.00. The molecule has 1 aliphatic heterocycles. The molecule has 5 heteroatoms. The van der Waals surface area contributed by atoms with E-state index in [1.165, 1.54) is 18.2 Å². The summed E-state index contributed by atoms with van der Waals surface area (Å²) in [4.78, 5) is 24.2. The first kappa shape index (κ1) is 13.5. The number of benzene rings is 1. The van der Waals surface area contributed by atoms with Crippen molar-refractivity contribution < 1.29 is 18.7 Å². The number of nitrogens with zero attached hydrogens (tertiary/aromatic N) is 1. The Morgan fingerprint density at radius 3 is 2.68 bits per heavy atom. The van der Waals surface area contributed by atoms with Gasteiger partial charge in [-0.1, -0.05) is 0 Å². The van der Waals surface area contributed by atoms with E-state index in [9.17, 15) is 14.0 Å². The molecule has 102 valence electrons. The molecular weight excluding hydrogens is 249 g/mol. The lowest BCUT2D eigenvalue weighted by Gasteiger charge is -2.28. The molecule has 0 N–H and O–H groups in total. The normalized spacial score (nSPS) is 16.2. The Labute approximate surface area is 111 Å². The van der Waals surface area contributed by atoms with Crippen LogP contribution >= 0.6 is 0 Å². The Balaban J connectivity index is 1.96. The molecule has 0 atom stereocenters. The van der Waals surface area contributed by atoms with Crippen LogP contribution in [0.15, 0.2) is 18.2 Å². The fraction of sp³-hybridized carbons (Fsp3) is 0.429. The lowest BCUT2D eigenvalue weighted by molar-refractivity contribution is -0.120. The Hall–Kier alpha value is -1.91. The first-order chi connectivity index (χ1) is 9.10. The van der Waals surface area contributed by atoms with Crippen molar-refractivity contribution >= 4 is 12.4 Å². The summed E-state index contributed by atoms with van der Waals surface area (Å²) < 4.78 is 18.3. The predicted molar refractivity (Wildman–Crippen MR) is 67.2 cm³/mol. The van der Waals surface area contributed by atoms with Gasteiger partial charge in [-0.15, -0.1) is 0 Å². The van der Waals surface area contributed by atoms with Crippen LogP contribution in [0.5, 0.6) is 0 Å². The Morgan fingerprint density at radius 2 is 2.11 bits per heavy atom. The number of ether oxygens (including phenoxy) is 1. The van der Waals surface area contributed by atoms with E-state index in [4.69, 9.17) is 4.74 Å². The number of esters is 1. The first-order valence-electron chi connectivity index (χ1n) is 6.26. The molecule has 0 radical (unpaired) electrons. The second-order valence-electron chi connectivity index (χ2n) is 4.71. The highest BCUT2D eigenvalue weighted by atomic mass is 19.1. The molecule has 1 amide bonds. The van der Waals surface area contributed by atoms with Crippen molar-refractivity contribution in [1.82, 2.24) is 4.90 Å². The van der Waals surface area contributed by atoms with Crippen LogP contribution in [0, 0.1) is 12.7 Å². The minimum atomic E-state index is -0.429. The highest BCUT2D eigenvalue weighted by Gasteiger charge is 2.22. The zero-order chi connectivity index (χ0) is 13.8. The molecule has 4 nitrogen and oxygen atoms in total. The summed E-state index contributed by atoms with van der Waals surface area (Å²) >= 11 is 0. The molecule has 1 saturated heterocycles. The van der Waals surface area contributed by atoms with Gasteiger partial charge in [-0.25, -0.2) is 9.18 Å². The van der Waals surface area contributed by atoms with Crippen LogP contribution in [0.3, 0.4) is 0 Å². The molecule has 1 aromatic carbocycles. The topological polar surface area (TPSA) is 46.6 Å². The first-order valence-corrected chi connectivity index (χ1v) is 6.26. The van der Waals surface area contributed by atoms with Gasteiger partial charge in [0.1, 0.15) is 11.9 Å². The molecule has 2 rings (SSSR count). The molecule has 1 aliphatic rings. The van der Waals surface area contributed by atoms with E-state index in [1.54, 1.807) is 11.8 Å². The second kappa shape index (κ2) is 5.82. The van der Waals surface area contributed by atoms with Gasteiger partial charge in [0.25, 0.3) is 0 Å². The van der Waals surface area contributed by atoms with Crippen LogP contribution in [0.1, 0.15) is 28.8 Å². The average molecular weight is 265 g/mol. The third-order valence-corrected chi connectivity index (χ3v) is 3.31. The van der Waals surface area contributed by atoms with Crippen LogP contribution in [0.2, 0.25) is 0 Å². The zero-order valence-electron chi connectivity index (χ0n) is 10.8. The number of rotatable bonds is 3. The summed E-state index contributed by atoms with van der Waals surface area (Å²) in [6.07, 6.45) is 1.92. The summed E-state index contributed by atoms with van der Waals surface area (Å²) in [6.45, 7) is 2.88. The van der Waals surface area contributed by atoms with Crippen molar-refractivity contribution in [3.8, 4) is 0 Å². The number of hydrogen-bond donors (Lipinski definition) is 0. The van der Waals surface area contributed by atoms with E-state index in [-0.39, 0.29) is 11.9 Å². The maximum Gasteiger partial charge on any atom is 0.338 e. The minimum Gasteiger partial charge on any atom is -0.459 e. The average Bonchev–Trinajstić information content (AvgIpc) is 2.39. The van der Waals surface area contributed by atoms with Gasteiger partial charge in [0.05, 0.1) is 5.56 Å². The summed E-state index contributed by atoms with van der Waals surface area (Å²) in [5.74, 6) is -0.796. The third-order valence-electron chi connectivity index (χ3n) is 3.31. The number of amides is 1. The van der Waals surface area contributed by atoms with Crippen LogP contribution < -0.4 is 0 Å². The van der Waals surface area contributed by atoms with E-state index in [2.05, 4.69) is 0 Å². The maximum atomic E-state index is 13.0. The van der Waals surface area contributed by atoms with Gasteiger partial charge in [-0.3, -0.25) is 4.79 Å². The monoisotopic (exact) mass is 265 g/mol. The predicted octanol–water partition coefficient (Wildman–Crippen LogP) is 1.91. The molecule has 0 aromatic heterocycles. The molecular formula is C14H16FNO3. The lowest BCUT2D eigenvalue weighted by Crippen LogP contribution is -2.37. The van der Waals surface area contributed by atoms with E-state index in [0.29, 0.717) is 37.1 Å². The zero-order valence-corrected chi connectivity index (χ0v) is 10.8. The van der Waals surface area contributed by atoms with E-state index < -0.39 is 5.97 Å². The third kappa shape index (κ3) is 3.30. The fourth-order valence-electron chi connectivity index (χ4n) is 2.17. The number of likely N-dealkylation sites (tertiary alicyclic amines) is 1. The van der Waals surface area contributed by atoms with Crippen molar-refractivity contribution in [2.75, 3.05) is 13.1 Å². The largest absolute Gasteiger partial charge is 0.459 e.